The number of hydrogen-bond donors (Lipinski definition) is 1. The second-order valence-corrected chi connectivity index (χ2v) is 9.15. The zero-order chi connectivity index (χ0) is 19.4. The molecule has 1 aliphatic heterocycles. The number of nitrogens with zero attached hydrogens (tertiary/aromatic N) is 1. The van der Waals surface area contributed by atoms with Crippen molar-refractivity contribution in [2.45, 2.75) is 25.8 Å². The summed E-state index contributed by atoms with van der Waals surface area (Å²) in [5.74, 6) is -0.427. The fourth-order valence-electron chi connectivity index (χ4n) is 3.61. The maximum absolute atomic E-state index is 13.0. The molecule has 0 radical (unpaired) electrons. The lowest BCUT2D eigenvalue weighted by Crippen LogP contribution is -2.45. The van der Waals surface area contributed by atoms with E-state index in [1.54, 1.807) is 0 Å². The summed E-state index contributed by atoms with van der Waals surface area (Å²) in [7, 11) is -3.28. The highest BCUT2D eigenvalue weighted by molar-refractivity contribution is 7.88. The molecule has 144 valence electrons. The molecular weight excluding hydrogens is 360 g/mol. The van der Waals surface area contributed by atoms with Crippen LogP contribution in [0.2, 0.25) is 0 Å². The van der Waals surface area contributed by atoms with Gasteiger partial charge in [0.05, 0.1) is 18.2 Å². The lowest BCUT2D eigenvalue weighted by Gasteiger charge is -2.31. The Hall–Kier alpha value is -2.18. The van der Waals surface area contributed by atoms with Crippen LogP contribution in [0.25, 0.3) is 0 Å². The smallest absolute Gasteiger partial charge is 0.225 e. The fourth-order valence-corrected chi connectivity index (χ4v) is 4.53. The van der Waals surface area contributed by atoms with E-state index < -0.39 is 10.0 Å². The van der Waals surface area contributed by atoms with Crippen molar-refractivity contribution in [1.82, 2.24) is 9.62 Å². The average Bonchev–Trinajstić information content (AvgIpc) is 2.67. The first-order valence-electron chi connectivity index (χ1n) is 9.22. The van der Waals surface area contributed by atoms with Crippen LogP contribution in [0.5, 0.6) is 0 Å². The number of sulfonamides is 1. The van der Waals surface area contributed by atoms with Gasteiger partial charge in [0, 0.05) is 13.1 Å². The second-order valence-electron chi connectivity index (χ2n) is 7.17. The normalized spacial score (nSPS) is 19.4. The molecule has 1 aliphatic rings. The van der Waals surface area contributed by atoms with Crippen molar-refractivity contribution in [3.05, 3.63) is 71.3 Å². The third kappa shape index (κ3) is 4.76. The van der Waals surface area contributed by atoms with E-state index in [1.165, 1.54) is 10.6 Å². The first-order valence-corrected chi connectivity index (χ1v) is 11.1. The third-order valence-electron chi connectivity index (χ3n) is 5.14. The molecule has 1 amide bonds. The maximum atomic E-state index is 13.0. The fraction of sp³-hybridized carbons (Fsp3) is 0.381. The van der Waals surface area contributed by atoms with Gasteiger partial charge in [-0.1, -0.05) is 54.6 Å². The highest BCUT2D eigenvalue weighted by atomic mass is 32.2. The lowest BCUT2D eigenvalue weighted by atomic mass is 9.93. The van der Waals surface area contributed by atoms with Crippen LogP contribution in [0.1, 0.15) is 35.6 Å². The van der Waals surface area contributed by atoms with Gasteiger partial charge in [0.25, 0.3) is 0 Å². The Morgan fingerprint density at radius 1 is 1.11 bits per heavy atom. The van der Waals surface area contributed by atoms with Crippen molar-refractivity contribution in [2.75, 3.05) is 19.3 Å². The van der Waals surface area contributed by atoms with E-state index in [9.17, 15) is 13.2 Å². The quantitative estimate of drug-likeness (QED) is 0.859. The average molecular weight is 387 g/mol. The Labute approximate surface area is 161 Å². The molecule has 27 heavy (non-hydrogen) atoms. The Bertz CT molecular complexity index is 897. The molecule has 1 heterocycles. The molecule has 2 unspecified atom stereocenters. The molecular formula is C21H26N2O3S. The summed E-state index contributed by atoms with van der Waals surface area (Å²) < 4.78 is 25.1. The van der Waals surface area contributed by atoms with Crippen LogP contribution in [0.3, 0.4) is 0 Å². The van der Waals surface area contributed by atoms with Crippen molar-refractivity contribution in [3.8, 4) is 0 Å². The van der Waals surface area contributed by atoms with E-state index in [2.05, 4.69) is 5.32 Å². The first kappa shape index (κ1) is 19.6. The van der Waals surface area contributed by atoms with E-state index in [4.69, 9.17) is 0 Å². The molecule has 0 aliphatic carbocycles. The van der Waals surface area contributed by atoms with Gasteiger partial charge < -0.3 is 5.32 Å². The van der Waals surface area contributed by atoms with Crippen LogP contribution < -0.4 is 5.32 Å². The van der Waals surface area contributed by atoms with Gasteiger partial charge >= 0.3 is 0 Å². The van der Waals surface area contributed by atoms with E-state index in [-0.39, 0.29) is 24.4 Å². The van der Waals surface area contributed by atoms with Crippen molar-refractivity contribution in [3.63, 3.8) is 0 Å². The molecule has 0 saturated carbocycles. The minimum Gasteiger partial charge on any atom is -0.345 e. The van der Waals surface area contributed by atoms with Crippen LogP contribution in [0.4, 0.5) is 0 Å². The van der Waals surface area contributed by atoms with E-state index in [1.807, 2.05) is 61.5 Å². The molecule has 0 aromatic heterocycles. The van der Waals surface area contributed by atoms with Crippen LogP contribution >= 0.6 is 0 Å². The number of aryl methyl sites for hydroxylation is 1. The van der Waals surface area contributed by atoms with Crippen molar-refractivity contribution in [2.24, 2.45) is 5.92 Å². The number of carbonyl (C=O) groups excluding carboxylic acids is 1. The van der Waals surface area contributed by atoms with E-state index >= 15 is 0 Å². The Morgan fingerprint density at radius 3 is 2.44 bits per heavy atom. The van der Waals surface area contributed by atoms with Gasteiger partial charge in [-0.05, 0) is 36.5 Å². The molecule has 6 heteroatoms. The lowest BCUT2D eigenvalue weighted by molar-refractivity contribution is -0.126. The number of carbonyl (C=O) groups is 1. The summed E-state index contributed by atoms with van der Waals surface area (Å²) in [5.41, 5.74) is 3.16. The van der Waals surface area contributed by atoms with Crippen molar-refractivity contribution in [1.29, 1.82) is 0 Å². The predicted molar refractivity (Wildman–Crippen MR) is 107 cm³/mol. The van der Waals surface area contributed by atoms with Crippen molar-refractivity contribution < 1.29 is 13.2 Å². The number of nitrogens with one attached hydrogen (secondary N) is 1. The molecule has 5 nitrogen and oxygen atoms in total. The molecule has 2 atom stereocenters. The van der Waals surface area contributed by atoms with Crippen LogP contribution in [0, 0.1) is 12.8 Å². The van der Waals surface area contributed by atoms with E-state index in [0.29, 0.717) is 19.4 Å². The number of amides is 1. The van der Waals surface area contributed by atoms with Crippen molar-refractivity contribution >= 4 is 15.9 Å². The Morgan fingerprint density at radius 2 is 1.78 bits per heavy atom. The van der Waals surface area contributed by atoms with E-state index in [0.717, 1.165) is 16.7 Å². The SMILES string of the molecule is Cc1ccccc1C(NC(=O)C1CCCN(S(C)(=O)=O)C1)c1ccccc1. The Balaban J connectivity index is 1.84. The van der Waals surface area contributed by atoms with Gasteiger partial charge in [0.15, 0.2) is 0 Å². The Kier molecular flexibility index (Phi) is 5.97. The molecule has 3 rings (SSSR count). The number of hydrogen-bond acceptors (Lipinski definition) is 3. The molecule has 0 bridgehead atoms. The molecule has 1 saturated heterocycles. The number of piperidine rings is 1. The molecule has 1 fully saturated rings. The highest BCUT2D eigenvalue weighted by Gasteiger charge is 2.31. The zero-order valence-electron chi connectivity index (χ0n) is 15.8. The summed E-state index contributed by atoms with van der Waals surface area (Å²) in [6.07, 6.45) is 2.60. The zero-order valence-corrected chi connectivity index (χ0v) is 16.6. The summed E-state index contributed by atoms with van der Waals surface area (Å²) >= 11 is 0. The maximum Gasteiger partial charge on any atom is 0.225 e. The van der Waals surface area contributed by atoms with Gasteiger partial charge in [-0.25, -0.2) is 12.7 Å². The first-order chi connectivity index (χ1) is 12.9. The standard InChI is InChI=1S/C21H26N2O3S/c1-16-9-6-7-13-19(16)20(17-10-4-3-5-11-17)22-21(24)18-12-8-14-23(15-18)27(2,25)26/h3-7,9-11,13,18,20H,8,12,14-15H2,1-2H3,(H,22,24). The summed E-state index contributed by atoms with van der Waals surface area (Å²) in [6.45, 7) is 2.77. The molecule has 2 aromatic carbocycles. The van der Waals surface area contributed by atoms with Gasteiger partial charge in [0.2, 0.25) is 15.9 Å². The van der Waals surface area contributed by atoms with Gasteiger partial charge in [-0.15, -0.1) is 0 Å². The molecule has 0 spiro atoms. The summed E-state index contributed by atoms with van der Waals surface area (Å²) in [4.78, 5) is 13.0. The monoisotopic (exact) mass is 386 g/mol. The van der Waals surface area contributed by atoms with Crippen LogP contribution in [0.15, 0.2) is 54.6 Å². The number of rotatable bonds is 5. The summed E-state index contributed by atoms with van der Waals surface area (Å²) in [5, 5.41) is 3.17. The second kappa shape index (κ2) is 8.23. The number of benzene rings is 2. The van der Waals surface area contributed by atoms with Gasteiger partial charge in [-0.2, -0.15) is 0 Å². The highest BCUT2D eigenvalue weighted by Crippen LogP contribution is 2.26. The van der Waals surface area contributed by atoms with Gasteiger partial charge in [-0.3, -0.25) is 4.79 Å². The molecule has 1 N–H and O–H groups in total. The van der Waals surface area contributed by atoms with Gasteiger partial charge in [0.1, 0.15) is 0 Å². The third-order valence-corrected chi connectivity index (χ3v) is 6.41. The minimum atomic E-state index is -3.28. The minimum absolute atomic E-state index is 0.0968. The van der Waals surface area contributed by atoms with Crippen LogP contribution in [-0.4, -0.2) is 38.0 Å². The largest absolute Gasteiger partial charge is 0.345 e. The topological polar surface area (TPSA) is 66.5 Å². The summed E-state index contributed by atoms with van der Waals surface area (Å²) in [6, 6.07) is 17.6. The predicted octanol–water partition coefficient (Wildman–Crippen LogP) is 2.87. The van der Waals surface area contributed by atoms with Crippen LogP contribution in [-0.2, 0) is 14.8 Å². The molecule has 2 aromatic rings.